The summed E-state index contributed by atoms with van der Waals surface area (Å²) in [5.74, 6) is -3.21. The molecule has 3 aliphatic rings. The van der Waals surface area contributed by atoms with E-state index in [2.05, 4.69) is 25.9 Å². The smallest absolute Gasteiger partial charge is 0.458 e. The molecule has 0 aliphatic carbocycles. The molecule has 3 saturated heterocycles. The summed E-state index contributed by atoms with van der Waals surface area (Å²) in [7, 11) is 4.10. The van der Waals surface area contributed by atoms with Crippen molar-refractivity contribution in [2.45, 2.75) is 131 Å². The summed E-state index contributed by atoms with van der Waals surface area (Å²) in [4.78, 5) is 41.6. The summed E-state index contributed by atoms with van der Waals surface area (Å²) in [6, 6.07) is 0.244. The largest absolute Gasteiger partial charge is 0.509 e. The topological polar surface area (TPSA) is 121 Å². The van der Waals surface area contributed by atoms with Crippen molar-refractivity contribution in [1.29, 1.82) is 0 Å². The molecule has 0 aromatic rings. The SMILES string of the molecule is CC1CC(N(C)C)C(C)C(O[C@@H]2[C@@H](C)[C@H](O)[C@@H](C)C(=O)O[C@H](C)[C@@]3(C)OC(=O)O[C@@H]3[C@@H](C)C(=O)[C@H](C)CC2(C)C)O1. The fourth-order valence-corrected chi connectivity index (χ4v) is 7.32. The van der Waals surface area contributed by atoms with E-state index >= 15 is 0 Å². The van der Waals surface area contributed by atoms with Crippen LogP contribution >= 0.6 is 0 Å². The molecule has 3 aliphatic heterocycles. The molecule has 13 atom stereocenters. The Labute approximate surface area is 245 Å². The average molecular weight is 584 g/mol. The van der Waals surface area contributed by atoms with Crippen molar-refractivity contribution < 1.29 is 43.2 Å². The van der Waals surface area contributed by atoms with E-state index in [1.54, 1.807) is 27.7 Å². The molecule has 0 saturated carbocycles. The van der Waals surface area contributed by atoms with Gasteiger partial charge in [-0.3, -0.25) is 9.59 Å². The fraction of sp³-hybridized carbons (Fsp3) is 0.903. The molecule has 4 unspecified atom stereocenters. The van der Waals surface area contributed by atoms with Crippen LogP contribution in [0.2, 0.25) is 0 Å². The Morgan fingerprint density at radius 3 is 2.10 bits per heavy atom. The van der Waals surface area contributed by atoms with Crippen molar-refractivity contribution >= 4 is 17.9 Å². The lowest BCUT2D eigenvalue weighted by atomic mass is 9.69. The summed E-state index contributed by atoms with van der Waals surface area (Å²) in [5, 5.41) is 11.5. The van der Waals surface area contributed by atoms with Crippen LogP contribution in [-0.2, 0) is 33.3 Å². The van der Waals surface area contributed by atoms with Gasteiger partial charge >= 0.3 is 12.1 Å². The van der Waals surface area contributed by atoms with Gasteiger partial charge in [0.15, 0.2) is 18.0 Å². The van der Waals surface area contributed by atoms with Gasteiger partial charge in [-0.05, 0) is 60.0 Å². The van der Waals surface area contributed by atoms with E-state index in [0.29, 0.717) is 6.42 Å². The third kappa shape index (κ3) is 6.76. The number of Topliss-reactive ketones (excluding diaryl/α,β-unsaturated/α-hetero) is 1. The van der Waals surface area contributed by atoms with Gasteiger partial charge in [0.2, 0.25) is 0 Å². The molecule has 0 aromatic heterocycles. The number of esters is 1. The van der Waals surface area contributed by atoms with Crippen LogP contribution in [0.25, 0.3) is 0 Å². The summed E-state index contributed by atoms with van der Waals surface area (Å²) >= 11 is 0. The van der Waals surface area contributed by atoms with Crippen molar-refractivity contribution in [3.63, 3.8) is 0 Å². The number of fused-ring (bicyclic) bond motifs is 1. The molecule has 236 valence electrons. The molecule has 41 heavy (non-hydrogen) atoms. The zero-order valence-corrected chi connectivity index (χ0v) is 27.0. The van der Waals surface area contributed by atoms with E-state index in [1.165, 1.54) is 0 Å². The van der Waals surface area contributed by atoms with Gasteiger partial charge in [-0.15, -0.1) is 0 Å². The number of ketones is 1. The second-order valence-electron chi connectivity index (χ2n) is 14.1. The first kappa shape index (κ1) is 33.7. The van der Waals surface area contributed by atoms with Crippen LogP contribution in [0.3, 0.4) is 0 Å². The molecule has 3 fully saturated rings. The van der Waals surface area contributed by atoms with Gasteiger partial charge in [-0.1, -0.05) is 41.5 Å². The first-order valence-electron chi connectivity index (χ1n) is 15.1. The van der Waals surface area contributed by atoms with Crippen LogP contribution in [0.1, 0.15) is 82.1 Å². The molecule has 0 amide bonds. The van der Waals surface area contributed by atoms with Crippen molar-refractivity contribution in [3.05, 3.63) is 0 Å². The number of nitrogens with zero attached hydrogens (tertiary/aromatic N) is 1. The van der Waals surface area contributed by atoms with Gasteiger partial charge in [0.1, 0.15) is 11.9 Å². The maximum absolute atomic E-state index is 13.8. The van der Waals surface area contributed by atoms with Crippen molar-refractivity contribution in [2.24, 2.45) is 35.0 Å². The highest BCUT2D eigenvalue weighted by Crippen LogP contribution is 2.43. The molecule has 0 bridgehead atoms. The number of carbonyl (C=O) groups is 3. The number of aliphatic hydroxyl groups excluding tert-OH is 1. The van der Waals surface area contributed by atoms with Crippen LogP contribution in [0.5, 0.6) is 0 Å². The van der Waals surface area contributed by atoms with Gasteiger partial charge in [-0.2, -0.15) is 0 Å². The van der Waals surface area contributed by atoms with E-state index in [0.717, 1.165) is 6.42 Å². The lowest BCUT2D eigenvalue weighted by molar-refractivity contribution is -0.274. The Bertz CT molecular complexity index is 969. The quantitative estimate of drug-likeness (QED) is 0.484. The molecule has 3 rings (SSSR count). The highest BCUT2D eigenvalue weighted by atomic mass is 16.8. The maximum Gasteiger partial charge on any atom is 0.509 e. The third-order valence-electron chi connectivity index (χ3n) is 10.0. The molecule has 0 spiro atoms. The first-order valence-corrected chi connectivity index (χ1v) is 15.1. The Kier molecular flexibility index (Phi) is 10.3. The van der Waals surface area contributed by atoms with Gasteiger partial charge < -0.3 is 33.7 Å². The second kappa shape index (κ2) is 12.5. The average Bonchev–Trinajstić information content (AvgIpc) is 3.20. The van der Waals surface area contributed by atoms with E-state index in [-0.39, 0.29) is 23.8 Å². The third-order valence-corrected chi connectivity index (χ3v) is 10.0. The number of cyclic esters (lactones) is 1. The van der Waals surface area contributed by atoms with Crippen molar-refractivity contribution in [2.75, 3.05) is 14.1 Å². The Balaban J connectivity index is 2.02. The zero-order chi connectivity index (χ0) is 31.2. The van der Waals surface area contributed by atoms with Crippen LogP contribution in [0, 0.1) is 35.0 Å². The summed E-state index contributed by atoms with van der Waals surface area (Å²) in [6.45, 7) is 18.5. The molecule has 0 aromatic carbocycles. The fourth-order valence-electron chi connectivity index (χ4n) is 7.32. The normalized spacial score (nSPS) is 46.2. The van der Waals surface area contributed by atoms with Gasteiger partial charge in [0.25, 0.3) is 0 Å². The van der Waals surface area contributed by atoms with Crippen molar-refractivity contribution in [1.82, 2.24) is 4.90 Å². The highest BCUT2D eigenvalue weighted by molar-refractivity contribution is 5.84. The van der Waals surface area contributed by atoms with E-state index in [9.17, 15) is 19.5 Å². The Hall–Kier alpha value is -1.75. The number of hydrogen-bond acceptors (Lipinski definition) is 10. The Morgan fingerprint density at radius 2 is 1.51 bits per heavy atom. The molecule has 10 nitrogen and oxygen atoms in total. The van der Waals surface area contributed by atoms with Gasteiger partial charge in [0.05, 0.1) is 30.1 Å². The lowest BCUT2D eigenvalue weighted by Gasteiger charge is -2.48. The van der Waals surface area contributed by atoms with E-state index in [1.807, 2.05) is 34.6 Å². The minimum absolute atomic E-state index is 0.0205. The summed E-state index contributed by atoms with van der Waals surface area (Å²) in [6.07, 6.45) is -3.67. The molecule has 3 heterocycles. The van der Waals surface area contributed by atoms with Gasteiger partial charge in [-0.25, -0.2) is 4.79 Å². The predicted octanol–water partition coefficient (Wildman–Crippen LogP) is 4.20. The van der Waals surface area contributed by atoms with Crippen LogP contribution in [0.4, 0.5) is 4.79 Å². The monoisotopic (exact) mass is 583 g/mol. The maximum atomic E-state index is 13.8. The first-order chi connectivity index (χ1) is 18.8. The standard InChI is InChI=1S/C31H53NO9/c1-15-14-30(8,9)25(39-28-17(3)22(32(11)12)13-16(2)37-28)19(5)24(34)20(6)27(35)38-21(7)31(10)26(18(4)23(15)33)40-29(36)41-31/h15-22,24-26,28,34H,13-14H2,1-12H3/t15-,16?,17?,18+,19+,20-,21-,22?,24+,25-,26-,28?,31-/m1/s1. The van der Waals surface area contributed by atoms with Crippen LogP contribution in [-0.4, -0.2) is 90.5 Å². The molecule has 10 heteroatoms. The number of rotatable bonds is 3. The zero-order valence-electron chi connectivity index (χ0n) is 27.0. The molecular weight excluding hydrogens is 530 g/mol. The number of carbonyl (C=O) groups excluding carboxylic acids is 3. The number of hydrogen-bond donors (Lipinski definition) is 1. The van der Waals surface area contributed by atoms with Crippen molar-refractivity contribution in [3.8, 4) is 0 Å². The van der Waals surface area contributed by atoms with E-state index in [4.69, 9.17) is 23.7 Å². The lowest BCUT2D eigenvalue weighted by Crippen LogP contribution is -2.55. The molecule has 0 radical (unpaired) electrons. The van der Waals surface area contributed by atoms with Crippen LogP contribution < -0.4 is 0 Å². The molecule has 1 N–H and O–H groups in total. The molecular formula is C31H53NO9. The highest BCUT2D eigenvalue weighted by Gasteiger charge is 2.58. The number of ether oxygens (including phenoxy) is 5. The predicted molar refractivity (Wildman–Crippen MR) is 152 cm³/mol. The van der Waals surface area contributed by atoms with Crippen LogP contribution in [0.15, 0.2) is 0 Å². The van der Waals surface area contributed by atoms with E-state index < -0.39 is 77.5 Å². The Morgan fingerprint density at radius 1 is 0.902 bits per heavy atom. The number of aliphatic hydroxyl groups is 1. The minimum atomic E-state index is -1.36. The summed E-state index contributed by atoms with van der Waals surface area (Å²) in [5.41, 5.74) is -1.98. The summed E-state index contributed by atoms with van der Waals surface area (Å²) < 4.78 is 29.9. The van der Waals surface area contributed by atoms with Gasteiger partial charge in [0, 0.05) is 23.8 Å². The minimum Gasteiger partial charge on any atom is -0.458 e. The second-order valence-corrected chi connectivity index (χ2v) is 14.1.